The lowest BCUT2D eigenvalue weighted by atomic mass is 10.2. The molecule has 20 heavy (non-hydrogen) atoms. The standard InChI is InChI=1S/C12H3Cl5N2S/c13-5-1-2-6(14)9-8(5)10(16)19-12(18-9)4-3-7(15)20-11(4)17/h1-3H. The minimum absolute atomic E-state index is 0.218. The maximum absolute atomic E-state index is 6.18. The second kappa shape index (κ2) is 5.48. The van der Waals surface area contributed by atoms with Gasteiger partial charge in [0.1, 0.15) is 9.49 Å². The Hall–Kier alpha value is -0.290. The highest BCUT2D eigenvalue weighted by molar-refractivity contribution is 7.20. The predicted molar refractivity (Wildman–Crippen MR) is 87.9 cm³/mol. The highest BCUT2D eigenvalue weighted by Gasteiger charge is 2.16. The van der Waals surface area contributed by atoms with Crippen molar-refractivity contribution < 1.29 is 0 Å². The Bertz CT molecular complexity index is 830. The fourth-order valence-electron chi connectivity index (χ4n) is 1.74. The van der Waals surface area contributed by atoms with E-state index in [-0.39, 0.29) is 5.15 Å². The van der Waals surface area contributed by atoms with Crippen LogP contribution in [0.1, 0.15) is 0 Å². The summed E-state index contributed by atoms with van der Waals surface area (Å²) >= 11 is 31.7. The molecule has 0 saturated heterocycles. The molecule has 102 valence electrons. The van der Waals surface area contributed by atoms with E-state index in [4.69, 9.17) is 58.0 Å². The molecule has 0 amide bonds. The van der Waals surface area contributed by atoms with Gasteiger partial charge in [-0.1, -0.05) is 58.0 Å². The Kier molecular flexibility index (Phi) is 4.01. The Morgan fingerprint density at radius 2 is 1.60 bits per heavy atom. The number of hydrogen-bond acceptors (Lipinski definition) is 3. The van der Waals surface area contributed by atoms with Crippen LogP contribution in [0.2, 0.25) is 23.9 Å². The topological polar surface area (TPSA) is 25.8 Å². The lowest BCUT2D eigenvalue weighted by Gasteiger charge is -2.06. The molecule has 1 aromatic carbocycles. The maximum atomic E-state index is 6.18. The van der Waals surface area contributed by atoms with E-state index in [2.05, 4.69) is 9.97 Å². The minimum atomic E-state index is 0.218. The largest absolute Gasteiger partial charge is 0.226 e. The first-order valence-corrected chi connectivity index (χ1v) is 7.94. The van der Waals surface area contributed by atoms with Gasteiger partial charge in [-0.05, 0) is 18.2 Å². The van der Waals surface area contributed by atoms with E-state index in [1.807, 2.05) is 0 Å². The zero-order valence-electron chi connectivity index (χ0n) is 9.42. The van der Waals surface area contributed by atoms with Crippen LogP contribution in [0.25, 0.3) is 22.3 Å². The third-order valence-electron chi connectivity index (χ3n) is 2.60. The number of aromatic nitrogens is 2. The van der Waals surface area contributed by atoms with E-state index in [1.165, 1.54) is 11.3 Å². The van der Waals surface area contributed by atoms with E-state index in [0.717, 1.165) is 0 Å². The highest BCUT2D eigenvalue weighted by atomic mass is 35.5. The molecule has 0 bridgehead atoms. The number of benzene rings is 1. The Labute approximate surface area is 143 Å². The monoisotopic (exact) mass is 382 g/mol. The number of rotatable bonds is 1. The average molecular weight is 385 g/mol. The molecule has 0 aliphatic heterocycles. The van der Waals surface area contributed by atoms with Gasteiger partial charge >= 0.3 is 0 Å². The normalized spacial score (nSPS) is 11.2. The van der Waals surface area contributed by atoms with E-state index < -0.39 is 0 Å². The molecule has 0 spiro atoms. The molecule has 3 aromatic rings. The summed E-state index contributed by atoms with van der Waals surface area (Å²) in [6.07, 6.45) is 0. The van der Waals surface area contributed by atoms with Crippen molar-refractivity contribution in [1.82, 2.24) is 9.97 Å². The van der Waals surface area contributed by atoms with Gasteiger partial charge < -0.3 is 0 Å². The molecule has 0 unspecified atom stereocenters. The third kappa shape index (κ3) is 2.47. The summed E-state index contributed by atoms with van der Waals surface area (Å²) in [6.45, 7) is 0. The molecule has 8 heteroatoms. The fraction of sp³-hybridized carbons (Fsp3) is 0. The molecule has 0 atom stereocenters. The molecule has 0 aliphatic carbocycles. The average Bonchev–Trinajstić information content (AvgIpc) is 2.72. The molecule has 2 nitrogen and oxygen atoms in total. The van der Waals surface area contributed by atoms with Gasteiger partial charge in [0.05, 0.1) is 30.8 Å². The van der Waals surface area contributed by atoms with Crippen molar-refractivity contribution >= 4 is 80.2 Å². The van der Waals surface area contributed by atoms with E-state index in [1.54, 1.807) is 18.2 Å². The number of nitrogens with zero attached hydrogens (tertiary/aromatic N) is 2. The van der Waals surface area contributed by atoms with Crippen LogP contribution < -0.4 is 0 Å². The van der Waals surface area contributed by atoms with Crippen molar-refractivity contribution in [2.75, 3.05) is 0 Å². The van der Waals surface area contributed by atoms with Gasteiger partial charge in [0, 0.05) is 0 Å². The SMILES string of the molecule is Clc1cc(-c2nc(Cl)c3c(Cl)ccc(Cl)c3n2)c(Cl)s1. The molecule has 0 aliphatic rings. The van der Waals surface area contributed by atoms with Crippen LogP contribution in [-0.4, -0.2) is 9.97 Å². The minimum Gasteiger partial charge on any atom is -0.226 e. The second-order valence-corrected chi connectivity index (χ2v) is 7.29. The van der Waals surface area contributed by atoms with Crippen LogP contribution >= 0.6 is 69.3 Å². The molecule has 2 aromatic heterocycles. The molecule has 0 saturated carbocycles. The zero-order valence-corrected chi connectivity index (χ0v) is 14.0. The molecule has 3 rings (SSSR count). The van der Waals surface area contributed by atoms with E-state index in [0.29, 0.717) is 41.0 Å². The van der Waals surface area contributed by atoms with Crippen LogP contribution in [0, 0.1) is 0 Å². The molecular weight excluding hydrogens is 381 g/mol. The van der Waals surface area contributed by atoms with Crippen LogP contribution in [0.15, 0.2) is 18.2 Å². The number of fused-ring (bicyclic) bond motifs is 1. The Morgan fingerprint density at radius 1 is 0.900 bits per heavy atom. The van der Waals surface area contributed by atoms with Gasteiger partial charge in [-0.2, -0.15) is 0 Å². The Morgan fingerprint density at radius 3 is 2.25 bits per heavy atom. The fourth-order valence-corrected chi connectivity index (χ4v) is 3.96. The van der Waals surface area contributed by atoms with Crippen molar-refractivity contribution in [3.8, 4) is 11.4 Å². The quantitative estimate of drug-likeness (QED) is 0.440. The zero-order chi connectivity index (χ0) is 14.4. The van der Waals surface area contributed by atoms with Crippen molar-refractivity contribution in [3.63, 3.8) is 0 Å². The predicted octanol–water partition coefficient (Wildman–Crippen LogP) is 6.63. The van der Waals surface area contributed by atoms with Gasteiger partial charge in [-0.15, -0.1) is 11.3 Å². The molecule has 2 heterocycles. The summed E-state index contributed by atoms with van der Waals surface area (Å²) in [5.74, 6) is 0.361. The Balaban J connectivity index is 2.35. The van der Waals surface area contributed by atoms with Gasteiger partial charge in [0.25, 0.3) is 0 Å². The van der Waals surface area contributed by atoms with Gasteiger partial charge in [0.2, 0.25) is 0 Å². The second-order valence-electron chi connectivity index (χ2n) is 3.83. The van der Waals surface area contributed by atoms with Gasteiger partial charge in [-0.3, -0.25) is 0 Å². The molecule has 0 fully saturated rings. The van der Waals surface area contributed by atoms with Crippen molar-refractivity contribution in [2.45, 2.75) is 0 Å². The summed E-state index contributed by atoms with van der Waals surface area (Å²) in [7, 11) is 0. The van der Waals surface area contributed by atoms with Crippen molar-refractivity contribution in [3.05, 3.63) is 42.1 Å². The third-order valence-corrected chi connectivity index (χ3v) is 4.98. The van der Waals surface area contributed by atoms with E-state index >= 15 is 0 Å². The smallest absolute Gasteiger partial charge is 0.163 e. The van der Waals surface area contributed by atoms with Crippen LogP contribution in [0.4, 0.5) is 0 Å². The molecule has 0 radical (unpaired) electrons. The van der Waals surface area contributed by atoms with Crippen LogP contribution in [-0.2, 0) is 0 Å². The number of thiophene rings is 1. The summed E-state index contributed by atoms with van der Waals surface area (Å²) in [5.41, 5.74) is 1.09. The number of hydrogen-bond donors (Lipinski definition) is 0. The summed E-state index contributed by atoms with van der Waals surface area (Å²) in [6, 6.07) is 4.99. The summed E-state index contributed by atoms with van der Waals surface area (Å²) in [5, 5.41) is 1.61. The van der Waals surface area contributed by atoms with E-state index in [9.17, 15) is 0 Å². The molecular formula is C12H3Cl5N2S. The summed E-state index contributed by atoms with van der Waals surface area (Å²) < 4.78 is 1.03. The van der Waals surface area contributed by atoms with Crippen molar-refractivity contribution in [2.24, 2.45) is 0 Å². The highest BCUT2D eigenvalue weighted by Crippen LogP contribution is 2.39. The first-order valence-electron chi connectivity index (χ1n) is 5.24. The first kappa shape index (κ1) is 14.6. The van der Waals surface area contributed by atoms with Crippen LogP contribution in [0.3, 0.4) is 0 Å². The van der Waals surface area contributed by atoms with Gasteiger partial charge in [0.15, 0.2) is 5.82 Å². The lowest BCUT2D eigenvalue weighted by Crippen LogP contribution is -1.92. The summed E-state index contributed by atoms with van der Waals surface area (Å²) in [4.78, 5) is 8.61. The van der Waals surface area contributed by atoms with Crippen molar-refractivity contribution in [1.29, 1.82) is 0 Å². The first-order chi connectivity index (χ1) is 9.47. The number of halogens is 5. The maximum Gasteiger partial charge on any atom is 0.163 e. The van der Waals surface area contributed by atoms with Crippen LogP contribution in [0.5, 0.6) is 0 Å². The molecule has 0 N–H and O–H groups in total. The van der Waals surface area contributed by atoms with Gasteiger partial charge in [-0.25, -0.2) is 9.97 Å². The lowest BCUT2D eigenvalue weighted by molar-refractivity contribution is 1.23.